The Balaban J connectivity index is 1.98. The molecule has 2 aliphatic carbocycles. The summed E-state index contributed by atoms with van der Waals surface area (Å²) in [6, 6.07) is 0. The van der Waals surface area contributed by atoms with E-state index < -0.39 is 0 Å². The summed E-state index contributed by atoms with van der Waals surface area (Å²) in [6.45, 7) is 4.83. The third-order valence-corrected chi connectivity index (χ3v) is 4.58. The number of hydrogen-bond donors (Lipinski definition) is 0. The highest BCUT2D eigenvalue weighted by molar-refractivity contribution is 4.90. The van der Waals surface area contributed by atoms with Crippen molar-refractivity contribution in [2.24, 2.45) is 17.3 Å². The first-order valence-corrected chi connectivity index (χ1v) is 6.22. The molecule has 0 amide bonds. The quantitative estimate of drug-likeness (QED) is 0.561. The summed E-state index contributed by atoms with van der Waals surface area (Å²) >= 11 is 0. The van der Waals surface area contributed by atoms with Gasteiger partial charge >= 0.3 is 0 Å². The van der Waals surface area contributed by atoms with Crippen LogP contribution in [0, 0.1) is 17.3 Å². The predicted octanol–water partition coefficient (Wildman–Crippen LogP) is 4.39. The van der Waals surface area contributed by atoms with Crippen molar-refractivity contribution >= 4 is 0 Å². The van der Waals surface area contributed by atoms with Crippen LogP contribution in [0.4, 0.5) is 0 Å². The van der Waals surface area contributed by atoms with Crippen molar-refractivity contribution < 1.29 is 0 Å². The molecule has 2 rings (SSSR count). The van der Waals surface area contributed by atoms with Gasteiger partial charge in [0.1, 0.15) is 0 Å². The topological polar surface area (TPSA) is 0 Å². The van der Waals surface area contributed by atoms with Gasteiger partial charge in [-0.3, -0.25) is 0 Å². The van der Waals surface area contributed by atoms with Gasteiger partial charge in [-0.1, -0.05) is 39.5 Å². The maximum absolute atomic E-state index is 2.42. The van der Waals surface area contributed by atoms with Gasteiger partial charge in [0.05, 0.1) is 0 Å². The fourth-order valence-electron chi connectivity index (χ4n) is 3.65. The molecule has 2 saturated carbocycles. The molecule has 2 aliphatic rings. The van der Waals surface area contributed by atoms with Gasteiger partial charge in [-0.25, -0.2) is 0 Å². The van der Waals surface area contributed by atoms with E-state index in [-0.39, 0.29) is 0 Å². The summed E-state index contributed by atoms with van der Waals surface area (Å²) in [5.74, 6) is 1.98. The Morgan fingerprint density at radius 3 is 2.23 bits per heavy atom. The van der Waals surface area contributed by atoms with E-state index in [0.29, 0.717) is 0 Å². The lowest BCUT2D eigenvalue weighted by Gasteiger charge is -2.39. The van der Waals surface area contributed by atoms with Gasteiger partial charge in [0.15, 0.2) is 0 Å². The molecule has 0 saturated heterocycles. The van der Waals surface area contributed by atoms with E-state index >= 15 is 0 Å². The second kappa shape index (κ2) is 3.63. The van der Waals surface area contributed by atoms with Crippen molar-refractivity contribution in [3.8, 4) is 0 Å². The highest BCUT2D eigenvalue weighted by Crippen LogP contribution is 2.51. The van der Waals surface area contributed by atoms with E-state index in [2.05, 4.69) is 13.8 Å². The molecule has 1 unspecified atom stereocenters. The summed E-state index contributed by atoms with van der Waals surface area (Å²) in [5.41, 5.74) is 0.827. The van der Waals surface area contributed by atoms with Crippen LogP contribution in [0.2, 0.25) is 0 Å². The zero-order valence-electron chi connectivity index (χ0n) is 9.31. The van der Waals surface area contributed by atoms with Crippen molar-refractivity contribution in [3.05, 3.63) is 0 Å². The molecular weight excluding hydrogens is 156 g/mol. The summed E-state index contributed by atoms with van der Waals surface area (Å²) in [5, 5.41) is 0. The average molecular weight is 180 g/mol. The van der Waals surface area contributed by atoms with Crippen molar-refractivity contribution in [1.82, 2.24) is 0 Å². The molecule has 0 aromatic rings. The normalized spacial score (nSPS) is 33.0. The van der Waals surface area contributed by atoms with Crippen molar-refractivity contribution in [2.75, 3.05) is 0 Å². The summed E-state index contributed by atoms with van der Waals surface area (Å²) in [4.78, 5) is 0. The Labute approximate surface area is 83.1 Å². The van der Waals surface area contributed by atoms with Crippen LogP contribution in [-0.2, 0) is 0 Å². The smallest absolute Gasteiger partial charge is 0.0295 e. The first-order valence-electron chi connectivity index (χ1n) is 6.22. The van der Waals surface area contributed by atoms with Crippen molar-refractivity contribution in [3.63, 3.8) is 0 Å². The molecule has 0 N–H and O–H groups in total. The molecule has 1 atom stereocenters. The Morgan fingerprint density at radius 2 is 1.62 bits per heavy atom. The lowest BCUT2D eigenvalue weighted by Crippen LogP contribution is -2.28. The number of rotatable bonds is 1. The molecule has 0 nitrogen and oxygen atoms in total. The van der Waals surface area contributed by atoms with E-state index in [1.807, 2.05) is 0 Å². The van der Waals surface area contributed by atoms with Gasteiger partial charge < -0.3 is 0 Å². The Morgan fingerprint density at radius 1 is 1.00 bits per heavy atom. The predicted molar refractivity (Wildman–Crippen MR) is 57.7 cm³/mol. The zero-order chi connectivity index (χ0) is 9.31. The molecular formula is C13H24. The van der Waals surface area contributed by atoms with Crippen LogP contribution in [0.25, 0.3) is 0 Å². The maximum Gasteiger partial charge on any atom is -0.0295 e. The van der Waals surface area contributed by atoms with Gasteiger partial charge in [0.2, 0.25) is 0 Å². The van der Waals surface area contributed by atoms with E-state index in [4.69, 9.17) is 0 Å². The van der Waals surface area contributed by atoms with Crippen LogP contribution in [0.1, 0.15) is 65.2 Å². The third-order valence-electron chi connectivity index (χ3n) is 4.58. The largest absolute Gasteiger partial charge is 0.0625 e. The van der Waals surface area contributed by atoms with Gasteiger partial charge in [0, 0.05) is 0 Å². The molecule has 1 spiro atoms. The van der Waals surface area contributed by atoms with Crippen LogP contribution in [0.15, 0.2) is 0 Å². The van der Waals surface area contributed by atoms with Gasteiger partial charge in [-0.05, 0) is 42.9 Å². The van der Waals surface area contributed by atoms with Crippen molar-refractivity contribution in [1.29, 1.82) is 0 Å². The Bertz CT molecular complexity index is 163. The minimum absolute atomic E-state index is 0.827. The summed E-state index contributed by atoms with van der Waals surface area (Å²) in [6.07, 6.45) is 12.3. The number of hydrogen-bond acceptors (Lipinski definition) is 0. The minimum atomic E-state index is 0.827. The molecule has 76 valence electrons. The lowest BCUT2D eigenvalue weighted by molar-refractivity contribution is 0.117. The molecule has 2 fully saturated rings. The van der Waals surface area contributed by atoms with Crippen molar-refractivity contribution in [2.45, 2.75) is 65.2 Å². The fraction of sp³-hybridized carbons (Fsp3) is 1.00. The van der Waals surface area contributed by atoms with Gasteiger partial charge in [0.25, 0.3) is 0 Å². The monoisotopic (exact) mass is 180 g/mol. The highest BCUT2D eigenvalue weighted by atomic mass is 14.4. The SMILES string of the molecule is CC(C)C1CCCC2(CCCC2)C1. The Kier molecular flexibility index (Phi) is 2.67. The van der Waals surface area contributed by atoms with Gasteiger partial charge in [-0.15, -0.1) is 0 Å². The minimum Gasteiger partial charge on any atom is -0.0625 e. The van der Waals surface area contributed by atoms with Crippen LogP contribution >= 0.6 is 0 Å². The van der Waals surface area contributed by atoms with Crippen LogP contribution in [0.3, 0.4) is 0 Å². The maximum atomic E-state index is 2.42. The molecule has 0 bridgehead atoms. The molecule has 0 aromatic carbocycles. The van der Waals surface area contributed by atoms with E-state index in [0.717, 1.165) is 17.3 Å². The molecule has 13 heavy (non-hydrogen) atoms. The zero-order valence-corrected chi connectivity index (χ0v) is 9.31. The molecule has 0 aliphatic heterocycles. The van der Waals surface area contributed by atoms with Crippen LogP contribution < -0.4 is 0 Å². The Hall–Kier alpha value is 0. The molecule has 0 radical (unpaired) electrons. The third kappa shape index (κ3) is 1.92. The van der Waals surface area contributed by atoms with Gasteiger partial charge in [-0.2, -0.15) is 0 Å². The summed E-state index contributed by atoms with van der Waals surface area (Å²) in [7, 11) is 0. The second-order valence-electron chi connectivity index (χ2n) is 5.81. The second-order valence-corrected chi connectivity index (χ2v) is 5.81. The molecule has 0 heterocycles. The molecule has 0 heteroatoms. The van der Waals surface area contributed by atoms with E-state index in [1.54, 1.807) is 25.7 Å². The van der Waals surface area contributed by atoms with E-state index in [1.165, 1.54) is 25.7 Å². The highest BCUT2D eigenvalue weighted by Gasteiger charge is 2.38. The first kappa shape index (κ1) is 9.55. The average Bonchev–Trinajstić information content (AvgIpc) is 2.53. The standard InChI is InChI=1S/C13H24/c1-11(2)12-6-5-9-13(10-12)7-3-4-8-13/h11-12H,3-10H2,1-2H3. The first-order chi connectivity index (χ1) is 6.22. The lowest BCUT2D eigenvalue weighted by atomic mass is 9.66. The summed E-state index contributed by atoms with van der Waals surface area (Å²) < 4.78 is 0. The molecule has 0 aromatic heterocycles. The van der Waals surface area contributed by atoms with Crippen LogP contribution in [0.5, 0.6) is 0 Å². The van der Waals surface area contributed by atoms with Crippen LogP contribution in [-0.4, -0.2) is 0 Å². The fourth-order valence-corrected chi connectivity index (χ4v) is 3.65. The van der Waals surface area contributed by atoms with E-state index in [9.17, 15) is 0 Å².